The summed E-state index contributed by atoms with van der Waals surface area (Å²) in [7, 11) is 0. The van der Waals surface area contributed by atoms with E-state index in [1.807, 2.05) is 20.8 Å². The minimum Gasteiger partial charge on any atom is -0.327 e. The third kappa shape index (κ3) is 30.2. The van der Waals surface area contributed by atoms with Gasteiger partial charge in [0.15, 0.2) is 0 Å². The van der Waals surface area contributed by atoms with Crippen LogP contribution in [0.25, 0.3) is 0 Å². The number of hydrogen-bond donors (Lipinski definition) is 0. The lowest BCUT2D eigenvalue weighted by Gasteiger charge is -2.37. The minimum absolute atomic E-state index is 0.358. The summed E-state index contributed by atoms with van der Waals surface area (Å²) in [6, 6.07) is 0. The number of ether oxygens (including phenoxy) is 5. The molecule has 0 spiro atoms. The van der Waals surface area contributed by atoms with E-state index in [4.69, 9.17) is 33.5 Å². The van der Waals surface area contributed by atoms with Gasteiger partial charge in [-0.3, -0.25) is 0 Å². The SMILES string of the molecule is CCCCCCCCOOC(CCCCCCCC(OCCCCC)(OCCCCCC)OCCCCCCC)(OCC(C)C)OC(C)(C)C. The highest BCUT2D eigenvalue weighted by Gasteiger charge is 2.39. The Labute approximate surface area is 312 Å². The lowest BCUT2D eigenvalue weighted by Crippen LogP contribution is -2.45. The van der Waals surface area contributed by atoms with Gasteiger partial charge in [0, 0.05) is 12.8 Å². The monoisotopic (exact) mass is 717 g/mol. The van der Waals surface area contributed by atoms with Gasteiger partial charge in [-0.1, -0.05) is 151 Å². The Hall–Kier alpha value is -0.280. The Bertz CT molecular complexity index is 697. The van der Waals surface area contributed by atoms with Crippen molar-refractivity contribution in [3.63, 3.8) is 0 Å². The van der Waals surface area contributed by atoms with Crippen molar-refractivity contribution in [2.45, 2.75) is 240 Å². The fourth-order valence-electron chi connectivity index (χ4n) is 5.89. The maximum Gasteiger partial charge on any atom is 0.312 e. The summed E-state index contributed by atoms with van der Waals surface area (Å²) in [6.07, 6.45) is 28.0. The Morgan fingerprint density at radius 2 is 0.760 bits per heavy atom. The fraction of sp³-hybridized carbons (Fsp3) is 1.00. The molecule has 0 bridgehead atoms. The van der Waals surface area contributed by atoms with E-state index in [-0.39, 0.29) is 0 Å². The average molecular weight is 717 g/mol. The molecular weight excluding hydrogens is 628 g/mol. The highest BCUT2D eigenvalue weighted by molar-refractivity contribution is 4.68. The quantitative estimate of drug-likeness (QED) is 0.0271. The molecule has 7 nitrogen and oxygen atoms in total. The second kappa shape index (κ2) is 33.3. The largest absolute Gasteiger partial charge is 0.327 e. The first-order valence-corrected chi connectivity index (χ1v) is 21.6. The predicted octanol–water partition coefficient (Wildman–Crippen LogP) is 13.6. The number of hydrogen-bond acceptors (Lipinski definition) is 7. The van der Waals surface area contributed by atoms with Crippen LogP contribution in [-0.4, -0.2) is 50.6 Å². The molecule has 7 heteroatoms. The van der Waals surface area contributed by atoms with E-state index in [1.54, 1.807) is 0 Å². The first-order chi connectivity index (χ1) is 24.1. The zero-order valence-electron chi connectivity index (χ0n) is 35.1. The van der Waals surface area contributed by atoms with Crippen molar-refractivity contribution >= 4 is 0 Å². The van der Waals surface area contributed by atoms with Gasteiger partial charge in [-0.05, 0) is 65.2 Å². The smallest absolute Gasteiger partial charge is 0.312 e. The first kappa shape index (κ1) is 49.7. The summed E-state index contributed by atoms with van der Waals surface area (Å²) in [4.78, 5) is 11.8. The molecule has 0 saturated heterocycles. The molecule has 0 aromatic heterocycles. The highest BCUT2D eigenvalue weighted by Crippen LogP contribution is 2.31. The molecule has 0 fully saturated rings. The normalized spacial score (nSPS) is 14.8. The summed E-state index contributed by atoms with van der Waals surface area (Å²) in [6.45, 7) is 22.6. The molecule has 0 aliphatic rings. The first-order valence-electron chi connectivity index (χ1n) is 21.6. The Balaban J connectivity index is 5.23. The second-order valence-electron chi connectivity index (χ2n) is 16.0. The molecule has 2 unspecified atom stereocenters. The van der Waals surface area contributed by atoms with E-state index < -0.39 is 17.5 Å². The van der Waals surface area contributed by atoms with E-state index in [9.17, 15) is 0 Å². The molecule has 0 aromatic carbocycles. The van der Waals surface area contributed by atoms with E-state index in [0.29, 0.717) is 45.4 Å². The van der Waals surface area contributed by atoms with Gasteiger partial charge in [-0.25, -0.2) is 4.89 Å². The van der Waals surface area contributed by atoms with Crippen molar-refractivity contribution < 1.29 is 33.5 Å². The van der Waals surface area contributed by atoms with Crippen LogP contribution in [0, 0.1) is 5.92 Å². The van der Waals surface area contributed by atoms with Crippen LogP contribution in [0.4, 0.5) is 0 Å². The summed E-state index contributed by atoms with van der Waals surface area (Å²) < 4.78 is 32.4. The van der Waals surface area contributed by atoms with Crippen LogP contribution in [0.1, 0.15) is 223 Å². The van der Waals surface area contributed by atoms with Crippen LogP contribution in [-0.2, 0) is 33.5 Å². The van der Waals surface area contributed by atoms with Crippen molar-refractivity contribution in [1.82, 2.24) is 0 Å². The molecule has 0 rings (SSSR count). The molecule has 2 atom stereocenters. The Morgan fingerprint density at radius 1 is 0.400 bits per heavy atom. The molecular formula is C43H88O7. The maximum atomic E-state index is 6.53. The summed E-state index contributed by atoms with van der Waals surface area (Å²) in [5.41, 5.74) is -0.437. The molecule has 0 radical (unpaired) electrons. The second-order valence-corrected chi connectivity index (χ2v) is 16.0. The zero-order valence-corrected chi connectivity index (χ0v) is 35.1. The van der Waals surface area contributed by atoms with Crippen LogP contribution in [0.2, 0.25) is 0 Å². The van der Waals surface area contributed by atoms with Gasteiger partial charge in [-0.2, -0.15) is 4.89 Å². The molecule has 0 aromatic rings. The minimum atomic E-state index is -1.21. The van der Waals surface area contributed by atoms with Crippen molar-refractivity contribution in [3.05, 3.63) is 0 Å². The van der Waals surface area contributed by atoms with E-state index >= 15 is 0 Å². The molecule has 0 saturated carbocycles. The van der Waals surface area contributed by atoms with Crippen LogP contribution >= 0.6 is 0 Å². The van der Waals surface area contributed by atoms with Gasteiger partial charge >= 0.3 is 5.97 Å². The van der Waals surface area contributed by atoms with Crippen molar-refractivity contribution in [1.29, 1.82) is 0 Å². The van der Waals surface area contributed by atoms with Gasteiger partial charge in [0.05, 0.1) is 38.6 Å². The lowest BCUT2D eigenvalue weighted by molar-refractivity contribution is -0.522. The average Bonchev–Trinajstić information content (AvgIpc) is 3.07. The van der Waals surface area contributed by atoms with Gasteiger partial charge < -0.3 is 23.7 Å². The van der Waals surface area contributed by atoms with Crippen LogP contribution < -0.4 is 0 Å². The topological polar surface area (TPSA) is 64.6 Å². The third-order valence-corrected chi connectivity index (χ3v) is 8.79. The van der Waals surface area contributed by atoms with Crippen molar-refractivity contribution in [2.75, 3.05) is 33.0 Å². The van der Waals surface area contributed by atoms with Crippen molar-refractivity contribution in [3.8, 4) is 0 Å². The van der Waals surface area contributed by atoms with E-state index in [2.05, 4.69) is 41.5 Å². The lowest BCUT2D eigenvalue weighted by atomic mass is 10.1. The number of rotatable bonds is 39. The highest BCUT2D eigenvalue weighted by atomic mass is 17.3. The summed E-state index contributed by atoms with van der Waals surface area (Å²) in [5, 5.41) is 0. The van der Waals surface area contributed by atoms with Gasteiger partial charge in [0.25, 0.3) is 5.97 Å². The number of unbranched alkanes of at least 4 members (excludes halogenated alkanes) is 18. The van der Waals surface area contributed by atoms with E-state index in [1.165, 1.54) is 83.5 Å². The molecule has 0 amide bonds. The molecule has 0 aliphatic heterocycles. The molecule has 302 valence electrons. The van der Waals surface area contributed by atoms with Crippen molar-refractivity contribution in [2.24, 2.45) is 5.92 Å². The summed E-state index contributed by atoms with van der Waals surface area (Å²) in [5.74, 6) is -1.77. The van der Waals surface area contributed by atoms with E-state index in [0.717, 1.165) is 70.6 Å². The van der Waals surface area contributed by atoms with Gasteiger partial charge in [0.2, 0.25) is 0 Å². The Morgan fingerprint density at radius 3 is 1.22 bits per heavy atom. The molecule has 0 N–H and O–H groups in total. The van der Waals surface area contributed by atoms with Crippen LogP contribution in [0.5, 0.6) is 0 Å². The molecule has 0 heterocycles. The van der Waals surface area contributed by atoms with Crippen LogP contribution in [0.15, 0.2) is 0 Å². The van der Waals surface area contributed by atoms with Gasteiger partial charge in [0.1, 0.15) is 0 Å². The Kier molecular flexibility index (Phi) is 33.1. The fourth-order valence-corrected chi connectivity index (χ4v) is 5.89. The summed E-state index contributed by atoms with van der Waals surface area (Å²) >= 11 is 0. The standard InChI is InChI=1S/C43H88O7/c1-10-14-18-21-26-32-38-48-50-43(47-39-40(5)6,49-41(7,8)9)34-28-24-22-23-27-33-42(44-35-29-17-13-4,45-36-30-20-16-12-3)46-37-31-25-19-15-11-2/h40H,10-39H2,1-9H3. The van der Waals surface area contributed by atoms with Crippen LogP contribution in [0.3, 0.4) is 0 Å². The third-order valence-electron chi connectivity index (χ3n) is 8.79. The zero-order chi connectivity index (χ0) is 37.2. The predicted molar refractivity (Wildman–Crippen MR) is 210 cm³/mol. The molecule has 50 heavy (non-hydrogen) atoms. The maximum absolute atomic E-state index is 6.53. The molecule has 0 aliphatic carbocycles. The van der Waals surface area contributed by atoms with Gasteiger partial charge in [-0.15, -0.1) is 0 Å².